The number of carbonyl (C=O) groups is 2. The largest absolute Gasteiger partial charge is 0.338 e. The molecule has 0 aliphatic carbocycles. The van der Waals surface area contributed by atoms with Crippen molar-refractivity contribution >= 4 is 34.6 Å². The summed E-state index contributed by atoms with van der Waals surface area (Å²) in [6.07, 6.45) is 0. The van der Waals surface area contributed by atoms with Gasteiger partial charge in [0.1, 0.15) is 0 Å². The van der Waals surface area contributed by atoms with Gasteiger partial charge in [0, 0.05) is 6.54 Å². The Balaban J connectivity index is 1.95. The summed E-state index contributed by atoms with van der Waals surface area (Å²) in [5, 5.41) is 5.16. The number of imide groups is 1. The average molecular weight is 425 g/mol. The lowest BCUT2D eigenvalue weighted by atomic mass is 10.1. The van der Waals surface area contributed by atoms with Crippen molar-refractivity contribution in [3.63, 3.8) is 0 Å². The predicted octanol–water partition coefficient (Wildman–Crippen LogP) is 3.08. The molecule has 0 fully saturated rings. The maximum absolute atomic E-state index is 13.2. The Bertz CT molecular complexity index is 1130. The van der Waals surface area contributed by atoms with E-state index in [0.29, 0.717) is 29.1 Å². The molecule has 0 aliphatic heterocycles. The fraction of sp³-hybridized carbons (Fsp3) is 0.273. The molecule has 1 unspecified atom stereocenters. The second kappa shape index (κ2) is 9.58. The number of para-hydroxylation sites is 1. The zero-order chi connectivity index (χ0) is 21.7. The van der Waals surface area contributed by atoms with Crippen LogP contribution < -0.4 is 16.2 Å². The number of nitrogens with zero attached hydrogens (tertiary/aromatic N) is 2. The van der Waals surface area contributed by atoms with E-state index in [0.717, 1.165) is 22.9 Å². The van der Waals surface area contributed by atoms with Gasteiger partial charge >= 0.3 is 6.03 Å². The molecule has 0 saturated heterocycles. The van der Waals surface area contributed by atoms with Gasteiger partial charge < -0.3 is 5.32 Å². The van der Waals surface area contributed by atoms with Gasteiger partial charge in [-0.3, -0.25) is 19.5 Å². The van der Waals surface area contributed by atoms with Gasteiger partial charge in [-0.15, -0.1) is 0 Å². The first kappa shape index (κ1) is 21.6. The first-order chi connectivity index (χ1) is 14.4. The van der Waals surface area contributed by atoms with E-state index in [2.05, 4.69) is 15.6 Å². The minimum absolute atomic E-state index is 0.167. The molecular weight excluding hydrogens is 400 g/mol. The number of amides is 3. The minimum atomic E-state index is -0.620. The Hall–Kier alpha value is -3.13. The molecule has 0 bridgehead atoms. The molecule has 156 valence electrons. The van der Waals surface area contributed by atoms with Gasteiger partial charge in [0.15, 0.2) is 5.16 Å². The topological polar surface area (TPSA) is 93.1 Å². The normalized spacial score (nSPS) is 11.8. The molecule has 7 nitrogen and oxygen atoms in total. The molecule has 2 N–H and O–H groups in total. The van der Waals surface area contributed by atoms with Gasteiger partial charge in [0.05, 0.1) is 22.7 Å². The predicted molar refractivity (Wildman–Crippen MR) is 119 cm³/mol. The lowest BCUT2D eigenvalue weighted by molar-refractivity contribution is -0.119. The van der Waals surface area contributed by atoms with Crippen molar-refractivity contribution in [2.24, 2.45) is 0 Å². The number of nitrogens with one attached hydrogen (secondary N) is 2. The molecule has 3 rings (SSSR count). The van der Waals surface area contributed by atoms with E-state index in [9.17, 15) is 14.4 Å². The van der Waals surface area contributed by atoms with Crippen molar-refractivity contribution in [1.29, 1.82) is 0 Å². The third-order valence-electron chi connectivity index (χ3n) is 4.51. The maximum atomic E-state index is 13.2. The zero-order valence-corrected chi connectivity index (χ0v) is 18.0. The van der Waals surface area contributed by atoms with Crippen LogP contribution in [0.1, 0.15) is 25.0 Å². The van der Waals surface area contributed by atoms with E-state index in [-0.39, 0.29) is 5.56 Å². The molecule has 0 saturated carbocycles. The summed E-state index contributed by atoms with van der Waals surface area (Å²) >= 11 is 1.15. The summed E-state index contributed by atoms with van der Waals surface area (Å²) in [6.45, 7) is 6.21. The molecular formula is C22H24N4O3S. The van der Waals surface area contributed by atoms with Crippen LogP contribution in [0.15, 0.2) is 58.5 Å². The average Bonchev–Trinajstić information content (AvgIpc) is 2.72. The molecule has 2 aromatic carbocycles. The first-order valence-electron chi connectivity index (χ1n) is 9.69. The Kier molecular flexibility index (Phi) is 6.89. The number of aromatic nitrogens is 2. The Morgan fingerprint density at radius 2 is 1.83 bits per heavy atom. The van der Waals surface area contributed by atoms with E-state index >= 15 is 0 Å². The smallest absolute Gasteiger partial charge is 0.321 e. The minimum Gasteiger partial charge on any atom is -0.338 e. The second-order valence-electron chi connectivity index (χ2n) is 6.90. The molecule has 1 heterocycles. The van der Waals surface area contributed by atoms with Gasteiger partial charge in [-0.1, -0.05) is 53.7 Å². The molecule has 3 amide bonds. The highest BCUT2D eigenvalue weighted by molar-refractivity contribution is 8.00. The van der Waals surface area contributed by atoms with Crippen molar-refractivity contribution < 1.29 is 9.59 Å². The van der Waals surface area contributed by atoms with Gasteiger partial charge in [0.2, 0.25) is 5.91 Å². The van der Waals surface area contributed by atoms with Crippen LogP contribution in [-0.4, -0.2) is 33.3 Å². The lowest BCUT2D eigenvalue weighted by Gasteiger charge is -2.16. The lowest BCUT2D eigenvalue weighted by Crippen LogP contribution is -2.42. The zero-order valence-electron chi connectivity index (χ0n) is 17.1. The Labute approximate surface area is 178 Å². The monoisotopic (exact) mass is 424 g/mol. The molecule has 0 radical (unpaired) electrons. The number of thioether (sulfide) groups is 1. The number of hydrogen-bond donors (Lipinski definition) is 2. The van der Waals surface area contributed by atoms with Crippen LogP contribution in [0.2, 0.25) is 0 Å². The number of aryl methyl sites for hydroxylation is 1. The van der Waals surface area contributed by atoms with Crippen molar-refractivity contribution in [3.8, 4) is 0 Å². The van der Waals surface area contributed by atoms with Crippen molar-refractivity contribution in [1.82, 2.24) is 20.2 Å². The third kappa shape index (κ3) is 5.07. The van der Waals surface area contributed by atoms with Crippen LogP contribution in [0.5, 0.6) is 0 Å². The van der Waals surface area contributed by atoms with Crippen molar-refractivity contribution in [2.75, 3.05) is 6.54 Å². The van der Waals surface area contributed by atoms with Gasteiger partial charge in [0.25, 0.3) is 5.56 Å². The standard InChI is InChI=1S/C22H24N4O3S/c1-4-23-21(29)25-19(27)15(3)30-22-24-18-8-6-5-7-17(18)20(28)26(22)13-16-11-9-14(2)10-12-16/h5-12,15H,4,13H2,1-3H3,(H2,23,25,27,29). The highest BCUT2D eigenvalue weighted by Gasteiger charge is 2.21. The highest BCUT2D eigenvalue weighted by Crippen LogP contribution is 2.23. The number of carbonyl (C=O) groups excluding carboxylic acids is 2. The van der Waals surface area contributed by atoms with E-state index in [1.807, 2.05) is 37.3 Å². The number of urea groups is 1. The SMILES string of the molecule is CCNC(=O)NC(=O)C(C)Sc1nc2ccccc2c(=O)n1Cc1ccc(C)cc1. The Morgan fingerprint density at radius 1 is 1.13 bits per heavy atom. The fourth-order valence-electron chi connectivity index (χ4n) is 2.88. The summed E-state index contributed by atoms with van der Waals surface area (Å²) in [6, 6.07) is 14.5. The van der Waals surface area contributed by atoms with Crippen LogP contribution in [0.4, 0.5) is 4.79 Å². The third-order valence-corrected chi connectivity index (χ3v) is 5.60. The summed E-state index contributed by atoms with van der Waals surface area (Å²) in [5.41, 5.74) is 2.50. The van der Waals surface area contributed by atoms with E-state index < -0.39 is 17.2 Å². The van der Waals surface area contributed by atoms with Crippen molar-refractivity contribution in [3.05, 3.63) is 70.0 Å². The number of fused-ring (bicyclic) bond motifs is 1. The molecule has 1 aromatic heterocycles. The van der Waals surface area contributed by atoms with Crippen LogP contribution in [-0.2, 0) is 11.3 Å². The summed E-state index contributed by atoms with van der Waals surface area (Å²) in [7, 11) is 0. The number of rotatable bonds is 6. The van der Waals surface area contributed by atoms with Crippen molar-refractivity contribution in [2.45, 2.75) is 37.7 Å². The molecule has 0 aliphatic rings. The fourth-order valence-corrected chi connectivity index (χ4v) is 3.79. The van der Waals surface area contributed by atoms with Crippen LogP contribution in [0, 0.1) is 6.92 Å². The molecule has 0 spiro atoms. The highest BCUT2D eigenvalue weighted by atomic mass is 32.2. The van der Waals surface area contributed by atoms with Crippen LogP contribution >= 0.6 is 11.8 Å². The van der Waals surface area contributed by atoms with Gasteiger partial charge in [-0.2, -0.15) is 0 Å². The first-order valence-corrected chi connectivity index (χ1v) is 10.6. The molecule has 3 aromatic rings. The van der Waals surface area contributed by atoms with Gasteiger partial charge in [-0.05, 0) is 38.5 Å². The molecule has 8 heteroatoms. The maximum Gasteiger partial charge on any atom is 0.321 e. The summed E-state index contributed by atoms with van der Waals surface area (Å²) in [5.74, 6) is -0.449. The molecule has 30 heavy (non-hydrogen) atoms. The number of hydrogen-bond acceptors (Lipinski definition) is 5. The quantitative estimate of drug-likeness (QED) is 0.469. The van der Waals surface area contributed by atoms with Gasteiger partial charge in [-0.25, -0.2) is 9.78 Å². The van der Waals surface area contributed by atoms with E-state index in [1.165, 1.54) is 0 Å². The van der Waals surface area contributed by atoms with E-state index in [1.54, 1.807) is 36.6 Å². The van der Waals surface area contributed by atoms with Crippen LogP contribution in [0.3, 0.4) is 0 Å². The molecule has 1 atom stereocenters. The van der Waals surface area contributed by atoms with Crippen LogP contribution in [0.25, 0.3) is 10.9 Å². The Morgan fingerprint density at radius 3 is 2.53 bits per heavy atom. The van der Waals surface area contributed by atoms with E-state index in [4.69, 9.17) is 0 Å². The number of benzene rings is 2. The summed E-state index contributed by atoms with van der Waals surface area (Å²) < 4.78 is 1.58. The second-order valence-corrected chi connectivity index (χ2v) is 8.21. The summed E-state index contributed by atoms with van der Waals surface area (Å²) in [4.78, 5) is 41.8.